The van der Waals surface area contributed by atoms with Crippen LogP contribution in [0.2, 0.25) is 10.0 Å². The van der Waals surface area contributed by atoms with Gasteiger partial charge < -0.3 is 4.57 Å². The van der Waals surface area contributed by atoms with Gasteiger partial charge in [-0.05, 0) is 55.8 Å². The SMILES string of the molecule is CCn1c(=NC(=O)CCS(=O)(=O)c2ccc(Cl)cc2)sc2cc(Cl)cc(C)c21. The second-order valence-electron chi connectivity index (χ2n) is 6.23. The van der Waals surface area contributed by atoms with Gasteiger partial charge in [0.1, 0.15) is 0 Å². The summed E-state index contributed by atoms with van der Waals surface area (Å²) in [6.07, 6.45) is -0.192. The lowest BCUT2D eigenvalue weighted by Crippen LogP contribution is -2.17. The maximum Gasteiger partial charge on any atom is 0.249 e. The maximum absolute atomic E-state index is 12.4. The first-order valence-electron chi connectivity index (χ1n) is 8.56. The van der Waals surface area contributed by atoms with E-state index in [2.05, 4.69) is 4.99 Å². The molecule has 0 atom stereocenters. The molecule has 1 heterocycles. The van der Waals surface area contributed by atoms with E-state index in [4.69, 9.17) is 23.2 Å². The number of aryl methyl sites for hydroxylation is 2. The van der Waals surface area contributed by atoms with Gasteiger partial charge in [-0.15, -0.1) is 0 Å². The molecule has 3 rings (SSSR count). The van der Waals surface area contributed by atoms with Crippen LogP contribution < -0.4 is 4.80 Å². The molecular weight excluding hydrogens is 439 g/mol. The smallest absolute Gasteiger partial charge is 0.249 e. The van der Waals surface area contributed by atoms with E-state index in [9.17, 15) is 13.2 Å². The van der Waals surface area contributed by atoms with E-state index < -0.39 is 15.7 Å². The van der Waals surface area contributed by atoms with Crippen molar-refractivity contribution in [2.45, 2.75) is 31.7 Å². The standard InChI is InChI=1S/C19H18Cl2N2O3S2/c1-3-23-18-12(2)10-14(21)11-16(18)27-19(23)22-17(24)8-9-28(25,26)15-6-4-13(20)5-7-15/h4-7,10-11H,3,8-9H2,1-2H3. The Morgan fingerprint density at radius 1 is 1.14 bits per heavy atom. The van der Waals surface area contributed by atoms with Gasteiger partial charge in [-0.25, -0.2) is 8.42 Å². The number of sulfone groups is 1. The third-order valence-electron chi connectivity index (χ3n) is 4.23. The number of thiazole rings is 1. The molecule has 1 amide bonds. The van der Waals surface area contributed by atoms with Crippen molar-refractivity contribution < 1.29 is 13.2 Å². The molecule has 0 aliphatic rings. The summed E-state index contributed by atoms with van der Waals surface area (Å²) in [5.41, 5.74) is 1.98. The van der Waals surface area contributed by atoms with E-state index in [0.29, 0.717) is 21.4 Å². The van der Waals surface area contributed by atoms with Gasteiger partial charge in [0, 0.05) is 23.0 Å². The van der Waals surface area contributed by atoms with E-state index in [1.807, 2.05) is 30.5 Å². The molecule has 0 unspecified atom stereocenters. The number of carbonyl (C=O) groups is 1. The number of rotatable bonds is 5. The van der Waals surface area contributed by atoms with Crippen LogP contribution in [0.3, 0.4) is 0 Å². The summed E-state index contributed by atoms with van der Waals surface area (Å²) in [6.45, 7) is 4.56. The quantitative estimate of drug-likeness (QED) is 0.561. The summed E-state index contributed by atoms with van der Waals surface area (Å²) in [4.78, 5) is 17.2. The summed E-state index contributed by atoms with van der Waals surface area (Å²) in [7, 11) is -3.58. The molecule has 0 aliphatic carbocycles. The average molecular weight is 457 g/mol. The zero-order valence-corrected chi connectivity index (χ0v) is 18.4. The highest BCUT2D eigenvalue weighted by molar-refractivity contribution is 7.91. The Bertz CT molecular complexity index is 1210. The molecule has 2 aromatic carbocycles. The van der Waals surface area contributed by atoms with E-state index >= 15 is 0 Å². The molecule has 28 heavy (non-hydrogen) atoms. The first-order valence-corrected chi connectivity index (χ1v) is 11.8. The van der Waals surface area contributed by atoms with E-state index in [1.54, 1.807) is 0 Å². The molecule has 0 N–H and O–H groups in total. The fourth-order valence-electron chi connectivity index (χ4n) is 2.90. The van der Waals surface area contributed by atoms with Crippen LogP contribution in [-0.4, -0.2) is 24.6 Å². The normalized spacial score (nSPS) is 12.6. The van der Waals surface area contributed by atoms with Crippen molar-refractivity contribution in [3.8, 4) is 0 Å². The molecule has 0 fully saturated rings. The topological polar surface area (TPSA) is 68.5 Å². The third-order valence-corrected chi connectivity index (χ3v) is 7.45. The number of benzene rings is 2. The minimum absolute atomic E-state index is 0.139. The summed E-state index contributed by atoms with van der Waals surface area (Å²) in [6, 6.07) is 9.60. The maximum atomic E-state index is 12.4. The van der Waals surface area contributed by atoms with Crippen molar-refractivity contribution in [3.05, 3.63) is 56.8 Å². The first kappa shape index (κ1) is 21.0. The Morgan fingerprint density at radius 2 is 1.82 bits per heavy atom. The van der Waals surface area contributed by atoms with E-state index in [0.717, 1.165) is 15.8 Å². The van der Waals surface area contributed by atoms with Crippen LogP contribution in [0.5, 0.6) is 0 Å². The Kier molecular flexibility index (Phi) is 6.29. The Labute approximate surface area is 177 Å². The molecule has 0 spiro atoms. The zero-order chi connectivity index (χ0) is 20.5. The van der Waals surface area contributed by atoms with Crippen molar-refractivity contribution in [2.75, 3.05) is 5.75 Å². The molecule has 0 saturated heterocycles. The lowest BCUT2D eigenvalue weighted by Gasteiger charge is -2.04. The monoisotopic (exact) mass is 456 g/mol. The number of halogens is 2. The third kappa shape index (κ3) is 4.49. The minimum atomic E-state index is -3.58. The number of aromatic nitrogens is 1. The molecule has 0 bridgehead atoms. The van der Waals surface area contributed by atoms with Gasteiger partial charge in [0.05, 0.1) is 20.9 Å². The van der Waals surface area contributed by atoms with Crippen molar-refractivity contribution >= 4 is 60.5 Å². The minimum Gasteiger partial charge on any atom is -0.316 e. The zero-order valence-electron chi connectivity index (χ0n) is 15.3. The average Bonchev–Trinajstić information content (AvgIpc) is 2.97. The first-order chi connectivity index (χ1) is 13.2. The largest absolute Gasteiger partial charge is 0.316 e. The van der Waals surface area contributed by atoms with Crippen molar-refractivity contribution in [1.82, 2.24) is 4.57 Å². The fourth-order valence-corrected chi connectivity index (χ4v) is 5.82. The van der Waals surface area contributed by atoms with Gasteiger partial charge in [0.25, 0.3) is 0 Å². The second-order valence-corrected chi connectivity index (χ2v) is 10.2. The highest BCUT2D eigenvalue weighted by Gasteiger charge is 2.17. The van der Waals surface area contributed by atoms with Crippen molar-refractivity contribution in [2.24, 2.45) is 4.99 Å². The molecule has 0 saturated carbocycles. The predicted molar refractivity (Wildman–Crippen MR) is 114 cm³/mol. The predicted octanol–water partition coefficient (Wildman–Crippen LogP) is 4.63. The number of amides is 1. The molecule has 0 aliphatic heterocycles. The molecule has 148 valence electrons. The van der Waals surface area contributed by atoms with Crippen LogP contribution in [0.25, 0.3) is 10.2 Å². The van der Waals surface area contributed by atoms with Gasteiger partial charge in [-0.3, -0.25) is 4.79 Å². The number of carbonyl (C=O) groups excluding carboxylic acids is 1. The number of nitrogens with zero attached hydrogens (tertiary/aromatic N) is 2. The van der Waals surface area contributed by atoms with Crippen molar-refractivity contribution in [3.63, 3.8) is 0 Å². The van der Waals surface area contributed by atoms with Gasteiger partial charge >= 0.3 is 0 Å². The molecule has 3 aromatic rings. The van der Waals surface area contributed by atoms with Gasteiger partial charge in [-0.2, -0.15) is 4.99 Å². The number of fused-ring (bicyclic) bond motifs is 1. The summed E-state index contributed by atoms with van der Waals surface area (Å²) in [5.74, 6) is -0.784. The van der Waals surface area contributed by atoms with Crippen molar-refractivity contribution in [1.29, 1.82) is 0 Å². The lowest BCUT2D eigenvalue weighted by molar-refractivity contribution is -0.117. The van der Waals surface area contributed by atoms with E-state index in [1.165, 1.54) is 35.6 Å². The molecule has 0 radical (unpaired) electrons. The van der Waals surface area contributed by atoms with Gasteiger partial charge in [-0.1, -0.05) is 34.5 Å². The second kappa shape index (κ2) is 8.37. The summed E-state index contributed by atoms with van der Waals surface area (Å²) >= 11 is 13.3. The molecule has 1 aromatic heterocycles. The Balaban J connectivity index is 1.87. The molecular formula is C19H18Cl2N2O3S2. The van der Waals surface area contributed by atoms with Crippen LogP contribution in [0.4, 0.5) is 0 Å². The number of hydrogen-bond acceptors (Lipinski definition) is 4. The van der Waals surface area contributed by atoms with Gasteiger partial charge in [0.2, 0.25) is 5.91 Å². The number of hydrogen-bond donors (Lipinski definition) is 0. The molecule has 5 nitrogen and oxygen atoms in total. The Hall–Kier alpha value is -1.67. The molecule has 9 heteroatoms. The van der Waals surface area contributed by atoms with Crippen LogP contribution in [0.1, 0.15) is 18.9 Å². The van der Waals surface area contributed by atoms with Crippen LogP contribution in [0.15, 0.2) is 46.3 Å². The van der Waals surface area contributed by atoms with Crippen LogP contribution in [-0.2, 0) is 21.2 Å². The summed E-state index contributed by atoms with van der Waals surface area (Å²) in [5, 5.41) is 1.08. The van der Waals surface area contributed by atoms with E-state index in [-0.39, 0.29) is 17.1 Å². The highest BCUT2D eigenvalue weighted by atomic mass is 35.5. The highest BCUT2D eigenvalue weighted by Crippen LogP contribution is 2.25. The Morgan fingerprint density at radius 3 is 2.46 bits per heavy atom. The fraction of sp³-hybridized carbons (Fsp3) is 0.263. The van der Waals surface area contributed by atoms with Crippen LogP contribution >= 0.6 is 34.5 Å². The lowest BCUT2D eigenvalue weighted by atomic mass is 10.2. The van der Waals surface area contributed by atoms with Crippen LogP contribution in [0, 0.1) is 6.92 Å². The summed E-state index contributed by atoms with van der Waals surface area (Å²) < 4.78 is 27.7. The van der Waals surface area contributed by atoms with Gasteiger partial charge in [0.15, 0.2) is 14.6 Å².